The number of benzene rings is 1. The van der Waals surface area contributed by atoms with Gasteiger partial charge in [0.25, 0.3) is 0 Å². The van der Waals surface area contributed by atoms with Gasteiger partial charge in [-0.2, -0.15) is 0 Å². The number of halogens is 1. The molecule has 108 valence electrons. The SMILES string of the molecule is CN1C2CCC1CC(CNC(=S)c1ccc(Cl)cc1)C2. The van der Waals surface area contributed by atoms with Crippen molar-refractivity contribution in [2.45, 2.75) is 37.8 Å². The van der Waals surface area contributed by atoms with Gasteiger partial charge in [-0.1, -0.05) is 36.0 Å². The van der Waals surface area contributed by atoms with E-state index in [4.69, 9.17) is 23.8 Å². The van der Waals surface area contributed by atoms with E-state index in [-0.39, 0.29) is 0 Å². The van der Waals surface area contributed by atoms with E-state index >= 15 is 0 Å². The lowest BCUT2D eigenvalue weighted by Crippen LogP contribution is -2.43. The van der Waals surface area contributed by atoms with Gasteiger partial charge < -0.3 is 10.2 Å². The number of hydrogen-bond acceptors (Lipinski definition) is 2. The van der Waals surface area contributed by atoms with Crippen molar-refractivity contribution in [2.75, 3.05) is 13.6 Å². The van der Waals surface area contributed by atoms with Crippen LogP contribution in [0.15, 0.2) is 24.3 Å². The number of nitrogens with zero attached hydrogens (tertiary/aromatic N) is 1. The summed E-state index contributed by atoms with van der Waals surface area (Å²) < 4.78 is 0. The van der Waals surface area contributed by atoms with Crippen molar-refractivity contribution in [2.24, 2.45) is 5.92 Å². The molecule has 0 aliphatic carbocycles. The molecule has 0 amide bonds. The maximum atomic E-state index is 5.90. The molecular formula is C16H21ClN2S. The number of piperidine rings is 1. The minimum Gasteiger partial charge on any atom is -0.376 e. The van der Waals surface area contributed by atoms with Crippen LogP contribution < -0.4 is 5.32 Å². The molecule has 1 aromatic rings. The minimum atomic E-state index is 0.753. The molecule has 1 aromatic carbocycles. The van der Waals surface area contributed by atoms with Crippen molar-refractivity contribution in [1.82, 2.24) is 10.2 Å². The highest BCUT2D eigenvalue weighted by atomic mass is 35.5. The molecule has 0 spiro atoms. The second-order valence-electron chi connectivity index (χ2n) is 6.10. The van der Waals surface area contributed by atoms with E-state index in [2.05, 4.69) is 17.3 Å². The van der Waals surface area contributed by atoms with Crippen molar-refractivity contribution in [3.63, 3.8) is 0 Å². The minimum absolute atomic E-state index is 0.753. The topological polar surface area (TPSA) is 15.3 Å². The standard InChI is InChI=1S/C16H21ClN2S/c1-19-14-6-7-15(19)9-11(8-14)10-18-16(20)12-2-4-13(17)5-3-12/h2-5,11,14-15H,6-10H2,1H3,(H,18,20). The monoisotopic (exact) mass is 308 g/mol. The summed E-state index contributed by atoms with van der Waals surface area (Å²) in [5, 5.41) is 4.19. The predicted molar refractivity (Wildman–Crippen MR) is 88.5 cm³/mol. The molecule has 2 atom stereocenters. The van der Waals surface area contributed by atoms with Gasteiger partial charge in [-0.3, -0.25) is 0 Å². The molecule has 2 bridgehead atoms. The number of hydrogen-bond donors (Lipinski definition) is 1. The van der Waals surface area contributed by atoms with Crippen LogP contribution >= 0.6 is 23.8 Å². The van der Waals surface area contributed by atoms with Crippen molar-refractivity contribution in [3.8, 4) is 0 Å². The second kappa shape index (κ2) is 6.00. The fourth-order valence-corrected chi connectivity index (χ4v) is 3.98. The Hall–Kier alpha value is -0.640. The summed E-state index contributed by atoms with van der Waals surface area (Å²) in [7, 11) is 2.28. The van der Waals surface area contributed by atoms with E-state index in [1.54, 1.807) is 0 Å². The lowest BCUT2D eigenvalue weighted by Gasteiger charge is -2.36. The van der Waals surface area contributed by atoms with E-state index in [0.29, 0.717) is 0 Å². The first kappa shape index (κ1) is 14.3. The zero-order chi connectivity index (χ0) is 14.1. The Morgan fingerprint density at radius 1 is 1.25 bits per heavy atom. The maximum Gasteiger partial charge on any atom is 0.106 e. The zero-order valence-corrected chi connectivity index (χ0v) is 13.4. The molecule has 2 saturated heterocycles. The van der Waals surface area contributed by atoms with Crippen LogP contribution in [0.25, 0.3) is 0 Å². The number of nitrogens with one attached hydrogen (secondary N) is 1. The molecule has 3 rings (SSSR count). The van der Waals surface area contributed by atoms with E-state index < -0.39 is 0 Å². The van der Waals surface area contributed by atoms with Gasteiger partial charge in [0.15, 0.2) is 0 Å². The van der Waals surface area contributed by atoms with Crippen LogP contribution in [0.1, 0.15) is 31.2 Å². The first-order valence-corrected chi connectivity index (χ1v) is 8.18. The molecule has 2 heterocycles. The van der Waals surface area contributed by atoms with Gasteiger partial charge in [0.2, 0.25) is 0 Å². The smallest absolute Gasteiger partial charge is 0.106 e. The van der Waals surface area contributed by atoms with E-state index in [1.165, 1.54) is 25.7 Å². The molecule has 0 radical (unpaired) electrons. The third-order valence-corrected chi connectivity index (χ3v) is 5.49. The van der Waals surface area contributed by atoms with Gasteiger partial charge >= 0.3 is 0 Å². The second-order valence-corrected chi connectivity index (χ2v) is 6.95. The van der Waals surface area contributed by atoms with E-state index in [0.717, 1.165) is 40.1 Å². The first-order valence-electron chi connectivity index (χ1n) is 7.39. The molecule has 2 aliphatic heterocycles. The highest BCUT2D eigenvalue weighted by Crippen LogP contribution is 2.37. The molecule has 2 unspecified atom stereocenters. The Morgan fingerprint density at radius 2 is 1.85 bits per heavy atom. The van der Waals surface area contributed by atoms with Crippen LogP contribution in [0.3, 0.4) is 0 Å². The molecule has 0 aromatic heterocycles. The normalized spacial score (nSPS) is 29.4. The first-order chi connectivity index (χ1) is 9.63. The molecule has 2 fully saturated rings. The van der Waals surface area contributed by atoms with Gasteiger partial charge in [0.1, 0.15) is 4.99 Å². The average molecular weight is 309 g/mol. The summed E-state index contributed by atoms with van der Waals surface area (Å²) in [5.41, 5.74) is 1.06. The number of fused-ring (bicyclic) bond motifs is 2. The summed E-state index contributed by atoms with van der Waals surface area (Å²) in [6.45, 7) is 1.00. The Labute approximate surface area is 131 Å². The molecular weight excluding hydrogens is 288 g/mol. The summed E-state index contributed by atoms with van der Waals surface area (Å²) >= 11 is 11.4. The van der Waals surface area contributed by atoms with Crippen LogP contribution in [0.4, 0.5) is 0 Å². The molecule has 0 saturated carbocycles. The third-order valence-electron chi connectivity index (χ3n) is 4.85. The lowest BCUT2D eigenvalue weighted by molar-refractivity contribution is 0.135. The Bertz CT molecular complexity index is 474. The average Bonchev–Trinajstić information content (AvgIpc) is 2.66. The highest BCUT2D eigenvalue weighted by Gasteiger charge is 2.38. The molecule has 2 aliphatic rings. The van der Waals surface area contributed by atoms with E-state index in [9.17, 15) is 0 Å². The predicted octanol–water partition coefficient (Wildman–Crippen LogP) is 3.48. The van der Waals surface area contributed by atoms with Crippen LogP contribution in [0.2, 0.25) is 5.02 Å². The van der Waals surface area contributed by atoms with Gasteiger partial charge in [0, 0.05) is 29.2 Å². The van der Waals surface area contributed by atoms with Crippen LogP contribution in [0.5, 0.6) is 0 Å². The fraction of sp³-hybridized carbons (Fsp3) is 0.562. The Kier molecular flexibility index (Phi) is 4.29. The van der Waals surface area contributed by atoms with Gasteiger partial charge in [-0.25, -0.2) is 0 Å². The summed E-state index contributed by atoms with van der Waals surface area (Å²) in [4.78, 5) is 3.42. The van der Waals surface area contributed by atoms with Crippen molar-refractivity contribution in [1.29, 1.82) is 0 Å². The number of rotatable bonds is 3. The largest absolute Gasteiger partial charge is 0.376 e. The van der Waals surface area contributed by atoms with Crippen LogP contribution in [0, 0.1) is 5.92 Å². The molecule has 1 N–H and O–H groups in total. The zero-order valence-electron chi connectivity index (χ0n) is 11.8. The lowest BCUT2D eigenvalue weighted by atomic mass is 9.91. The van der Waals surface area contributed by atoms with E-state index in [1.807, 2.05) is 24.3 Å². The fourth-order valence-electron chi connectivity index (χ4n) is 3.63. The Morgan fingerprint density at radius 3 is 2.45 bits per heavy atom. The molecule has 20 heavy (non-hydrogen) atoms. The summed E-state index contributed by atoms with van der Waals surface area (Å²) in [5.74, 6) is 0.758. The maximum absolute atomic E-state index is 5.90. The molecule has 4 heteroatoms. The van der Waals surface area contributed by atoms with Crippen LogP contribution in [-0.2, 0) is 0 Å². The van der Waals surface area contributed by atoms with Crippen molar-refractivity contribution in [3.05, 3.63) is 34.9 Å². The van der Waals surface area contributed by atoms with Gasteiger partial charge in [-0.05, 0) is 50.8 Å². The highest BCUT2D eigenvalue weighted by molar-refractivity contribution is 7.80. The third kappa shape index (κ3) is 3.00. The van der Waals surface area contributed by atoms with Crippen molar-refractivity contribution >= 4 is 28.8 Å². The van der Waals surface area contributed by atoms with Gasteiger partial charge in [0.05, 0.1) is 0 Å². The molecule has 2 nitrogen and oxygen atoms in total. The summed E-state index contributed by atoms with van der Waals surface area (Å²) in [6.07, 6.45) is 5.37. The summed E-state index contributed by atoms with van der Waals surface area (Å²) in [6, 6.07) is 9.34. The van der Waals surface area contributed by atoms with Gasteiger partial charge in [-0.15, -0.1) is 0 Å². The number of thiocarbonyl (C=S) groups is 1. The van der Waals surface area contributed by atoms with Crippen molar-refractivity contribution < 1.29 is 0 Å². The van der Waals surface area contributed by atoms with Crippen LogP contribution in [-0.4, -0.2) is 35.6 Å². The Balaban J connectivity index is 1.52. The quantitative estimate of drug-likeness (QED) is 0.861.